The van der Waals surface area contributed by atoms with Crippen LogP contribution >= 0.6 is 39.0 Å². The molecule has 1 amide bonds. The highest BCUT2D eigenvalue weighted by Gasteiger charge is 2.13. The number of hydrogen-bond donors (Lipinski definition) is 1. The zero-order chi connectivity index (χ0) is 19.3. The molecule has 0 bridgehead atoms. The minimum absolute atomic E-state index is 0.156. The lowest BCUT2D eigenvalue weighted by Gasteiger charge is -2.10. The number of thiazole rings is 1. The first-order valence-electron chi connectivity index (χ1n) is 8.39. The van der Waals surface area contributed by atoms with Gasteiger partial charge in [-0.15, -0.1) is 11.3 Å². The number of pyridine rings is 1. The molecule has 0 spiro atoms. The van der Waals surface area contributed by atoms with Gasteiger partial charge in [-0.05, 0) is 52.3 Å². The van der Waals surface area contributed by atoms with Gasteiger partial charge in [0.05, 0.1) is 5.56 Å². The Balaban J connectivity index is 1.56. The summed E-state index contributed by atoms with van der Waals surface area (Å²) >= 11 is 6.42. The molecule has 28 heavy (non-hydrogen) atoms. The van der Waals surface area contributed by atoms with E-state index in [0.717, 1.165) is 30.7 Å². The molecule has 2 heterocycles. The number of benzene rings is 2. The van der Waals surface area contributed by atoms with Gasteiger partial charge < -0.3 is 5.32 Å². The maximum atomic E-state index is 12.9. The molecule has 0 radical (unpaired) electrons. The molecule has 0 saturated heterocycles. The summed E-state index contributed by atoms with van der Waals surface area (Å²) in [6, 6.07) is 19.1. The van der Waals surface area contributed by atoms with Crippen LogP contribution in [0.4, 0.5) is 5.69 Å². The van der Waals surface area contributed by atoms with E-state index in [1.165, 1.54) is 11.8 Å². The molecule has 1 N–H and O–H groups in total. The fourth-order valence-electron chi connectivity index (χ4n) is 2.57. The highest BCUT2D eigenvalue weighted by molar-refractivity contribution is 9.10. The lowest BCUT2D eigenvalue weighted by molar-refractivity contribution is 0.102. The van der Waals surface area contributed by atoms with Gasteiger partial charge in [0.15, 0.2) is 0 Å². The minimum Gasteiger partial charge on any atom is -0.322 e. The first-order chi connectivity index (χ1) is 13.7. The molecule has 4 nitrogen and oxygen atoms in total. The SMILES string of the molecule is O=C(Nc1cccc(-c2nccs2)c1)c1ccccc1Sc1ccc(Br)cn1. The third kappa shape index (κ3) is 4.49. The average molecular weight is 468 g/mol. The summed E-state index contributed by atoms with van der Waals surface area (Å²) in [4.78, 5) is 22.5. The first kappa shape index (κ1) is 18.9. The third-order valence-corrected chi connectivity index (χ3v) is 6.16. The van der Waals surface area contributed by atoms with Crippen LogP contribution in [0, 0.1) is 0 Å². The highest BCUT2D eigenvalue weighted by Crippen LogP contribution is 2.30. The Bertz CT molecular complexity index is 1100. The fraction of sp³-hybridized carbons (Fsp3) is 0. The number of carbonyl (C=O) groups excluding carboxylic acids is 1. The third-order valence-electron chi connectivity index (χ3n) is 3.85. The maximum absolute atomic E-state index is 12.9. The average Bonchev–Trinajstić information content (AvgIpc) is 3.25. The van der Waals surface area contributed by atoms with E-state index in [4.69, 9.17) is 0 Å². The number of amides is 1. The summed E-state index contributed by atoms with van der Waals surface area (Å²) in [5.41, 5.74) is 2.32. The molecule has 2 aromatic carbocycles. The van der Waals surface area contributed by atoms with Gasteiger partial charge in [-0.25, -0.2) is 9.97 Å². The van der Waals surface area contributed by atoms with Gasteiger partial charge in [-0.3, -0.25) is 4.79 Å². The number of carbonyl (C=O) groups is 1. The summed E-state index contributed by atoms with van der Waals surface area (Å²) in [5.74, 6) is -0.156. The van der Waals surface area contributed by atoms with Crippen molar-refractivity contribution in [2.75, 3.05) is 5.32 Å². The van der Waals surface area contributed by atoms with Gasteiger partial charge in [0.2, 0.25) is 0 Å². The zero-order valence-corrected chi connectivity index (χ0v) is 17.7. The van der Waals surface area contributed by atoms with E-state index in [2.05, 4.69) is 31.2 Å². The number of anilines is 1. The van der Waals surface area contributed by atoms with Crippen LogP contribution in [0.3, 0.4) is 0 Å². The monoisotopic (exact) mass is 467 g/mol. The summed E-state index contributed by atoms with van der Waals surface area (Å²) in [7, 11) is 0. The van der Waals surface area contributed by atoms with Crippen LogP contribution in [0.15, 0.2) is 92.8 Å². The van der Waals surface area contributed by atoms with Gasteiger partial charge in [0.25, 0.3) is 5.91 Å². The zero-order valence-electron chi connectivity index (χ0n) is 14.5. The molecule has 0 unspecified atom stereocenters. The van der Waals surface area contributed by atoms with Crippen molar-refractivity contribution >= 4 is 50.6 Å². The van der Waals surface area contributed by atoms with Crippen molar-refractivity contribution < 1.29 is 4.79 Å². The number of nitrogens with zero attached hydrogens (tertiary/aromatic N) is 2. The van der Waals surface area contributed by atoms with Crippen LogP contribution in [0.2, 0.25) is 0 Å². The lowest BCUT2D eigenvalue weighted by atomic mass is 10.2. The van der Waals surface area contributed by atoms with Crippen molar-refractivity contribution in [2.45, 2.75) is 9.92 Å². The number of nitrogens with one attached hydrogen (secondary N) is 1. The second kappa shape index (κ2) is 8.68. The molecular formula is C21H14BrN3OS2. The normalized spacial score (nSPS) is 10.6. The van der Waals surface area contributed by atoms with E-state index < -0.39 is 0 Å². The van der Waals surface area contributed by atoms with Gasteiger partial charge in [-0.2, -0.15) is 0 Å². The lowest BCUT2D eigenvalue weighted by Crippen LogP contribution is -2.13. The van der Waals surface area contributed by atoms with Crippen LogP contribution < -0.4 is 5.32 Å². The van der Waals surface area contributed by atoms with Crippen molar-refractivity contribution in [3.63, 3.8) is 0 Å². The Morgan fingerprint density at radius 2 is 1.93 bits per heavy atom. The first-order valence-corrected chi connectivity index (χ1v) is 10.9. The Hall–Kier alpha value is -2.48. The van der Waals surface area contributed by atoms with Crippen LogP contribution in [0.1, 0.15) is 10.4 Å². The van der Waals surface area contributed by atoms with Crippen molar-refractivity contribution in [3.05, 3.63) is 88.5 Å². The minimum atomic E-state index is -0.156. The largest absolute Gasteiger partial charge is 0.322 e. The molecule has 2 aromatic heterocycles. The Kier molecular flexibility index (Phi) is 5.85. The predicted molar refractivity (Wildman–Crippen MR) is 118 cm³/mol. The number of aromatic nitrogens is 2. The van der Waals surface area contributed by atoms with Gasteiger partial charge >= 0.3 is 0 Å². The quantitative estimate of drug-likeness (QED) is 0.370. The van der Waals surface area contributed by atoms with Crippen molar-refractivity contribution in [3.8, 4) is 10.6 Å². The highest BCUT2D eigenvalue weighted by atomic mass is 79.9. The molecular weight excluding hydrogens is 454 g/mol. The van der Waals surface area contributed by atoms with Crippen LogP contribution in [0.5, 0.6) is 0 Å². The van der Waals surface area contributed by atoms with E-state index in [-0.39, 0.29) is 5.91 Å². The second-order valence-electron chi connectivity index (χ2n) is 5.79. The summed E-state index contributed by atoms with van der Waals surface area (Å²) in [6.07, 6.45) is 3.52. The molecule has 0 aliphatic carbocycles. The van der Waals surface area contributed by atoms with E-state index in [0.29, 0.717) is 5.56 Å². The molecule has 0 aliphatic rings. The standard InChI is InChI=1S/C21H14BrN3OS2/c22-15-8-9-19(24-13-15)28-18-7-2-1-6-17(18)20(26)25-16-5-3-4-14(12-16)21-23-10-11-27-21/h1-13H,(H,25,26). The molecule has 4 aromatic rings. The molecule has 138 valence electrons. The molecule has 4 rings (SSSR count). The fourth-order valence-corrected chi connectivity index (χ4v) is 4.33. The molecule has 0 aliphatic heterocycles. The van der Waals surface area contributed by atoms with E-state index >= 15 is 0 Å². The van der Waals surface area contributed by atoms with E-state index in [1.807, 2.05) is 66.0 Å². The maximum Gasteiger partial charge on any atom is 0.256 e. The summed E-state index contributed by atoms with van der Waals surface area (Å²) in [5, 5.41) is 6.68. The Morgan fingerprint density at radius 3 is 2.71 bits per heavy atom. The number of halogens is 1. The smallest absolute Gasteiger partial charge is 0.256 e. The number of hydrogen-bond acceptors (Lipinski definition) is 5. The molecule has 0 atom stereocenters. The topological polar surface area (TPSA) is 54.9 Å². The van der Waals surface area contributed by atoms with Gasteiger partial charge in [0.1, 0.15) is 10.0 Å². The molecule has 0 saturated carbocycles. The van der Waals surface area contributed by atoms with Crippen LogP contribution in [-0.2, 0) is 0 Å². The molecule has 7 heteroatoms. The van der Waals surface area contributed by atoms with E-state index in [9.17, 15) is 4.79 Å². The van der Waals surface area contributed by atoms with Gasteiger partial charge in [0, 0.05) is 38.4 Å². The Morgan fingerprint density at radius 1 is 1.04 bits per heavy atom. The molecule has 0 fully saturated rings. The van der Waals surface area contributed by atoms with Crippen LogP contribution in [0.25, 0.3) is 10.6 Å². The van der Waals surface area contributed by atoms with Crippen molar-refractivity contribution in [2.24, 2.45) is 0 Å². The number of rotatable bonds is 5. The predicted octanol–water partition coefficient (Wildman–Crippen LogP) is 6.37. The van der Waals surface area contributed by atoms with E-state index in [1.54, 1.807) is 23.7 Å². The Labute approximate surface area is 179 Å². The summed E-state index contributed by atoms with van der Waals surface area (Å²) in [6.45, 7) is 0. The van der Waals surface area contributed by atoms with Crippen molar-refractivity contribution in [1.29, 1.82) is 0 Å². The summed E-state index contributed by atoms with van der Waals surface area (Å²) < 4.78 is 0.919. The second-order valence-corrected chi connectivity index (χ2v) is 8.66. The van der Waals surface area contributed by atoms with Crippen LogP contribution in [-0.4, -0.2) is 15.9 Å². The van der Waals surface area contributed by atoms with Gasteiger partial charge in [-0.1, -0.05) is 36.0 Å². The van der Waals surface area contributed by atoms with Crippen molar-refractivity contribution in [1.82, 2.24) is 9.97 Å².